The maximum absolute atomic E-state index is 13.2. The molecule has 0 radical (unpaired) electrons. The van der Waals surface area contributed by atoms with Crippen LogP contribution in [0.25, 0.3) is 0 Å². The van der Waals surface area contributed by atoms with Gasteiger partial charge in [0.25, 0.3) is 5.91 Å². The van der Waals surface area contributed by atoms with Gasteiger partial charge in [-0.25, -0.2) is 9.80 Å². The summed E-state index contributed by atoms with van der Waals surface area (Å²) in [6, 6.07) is 9.92. The van der Waals surface area contributed by atoms with E-state index in [1.165, 1.54) is 5.01 Å². The number of piperidine rings is 1. The van der Waals surface area contributed by atoms with Gasteiger partial charge in [0.15, 0.2) is 0 Å². The van der Waals surface area contributed by atoms with Crippen molar-refractivity contribution in [3.05, 3.63) is 35.9 Å². The standard InChI is InChI=1S/C20H27N3O3/c1-5-23-17(24)20(13-15-9-7-6-8-10-15)14-22(12-11-16(20)21-23)18(25)26-19(2,3)4/h6-10H,5,11-14H2,1-4H3. The van der Waals surface area contributed by atoms with Crippen LogP contribution in [0.5, 0.6) is 0 Å². The first-order valence-corrected chi connectivity index (χ1v) is 9.17. The monoisotopic (exact) mass is 357 g/mol. The number of fused-ring (bicyclic) bond motifs is 1. The molecule has 0 aliphatic carbocycles. The van der Waals surface area contributed by atoms with Crippen LogP contribution in [-0.4, -0.2) is 52.9 Å². The van der Waals surface area contributed by atoms with Crippen LogP contribution in [0.2, 0.25) is 0 Å². The summed E-state index contributed by atoms with van der Waals surface area (Å²) >= 11 is 0. The summed E-state index contributed by atoms with van der Waals surface area (Å²) in [5.41, 5.74) is 0.602. The highest BCUT2D eigenvalue weighted by Crippen LogP contribution is 2.38. The van der Waals surface area contributed by atoms with Crippen molar-refractivity contribution in [1.29, 1.82) is 0 Å². The Morgan fingerprint density at radius 1 is 1.27 bits per heavy atom. The van der Waals surface area contributed by atoms with Crippen molar-refractivity contribution >= 4 is 17.7 Å². The Balaban J connectivity index is 1.90. The number of hydrogen-bond donors (Lipinski definition) is 0. The summed E-state index contributed by atoms with van der Waals surface area (Å²) in [6.07, 6.45) is 0.766. The second-order valence-electron chi connectivity index (χ2n) is 7.96. The van der Waals surface area contributed by atoms with Crippen molar-refractivity contribution in [2.24, 2.45) is 10.5 Å². The van der Waals surface area contributed by atoms with Gasteiger partial charge in [-0.05, 0) is 39.7 Å². The molecule has 1 saturated heterocycles. The lowest BCUT2D eigenvalue weighted by atomic mass is 9.73. The van der Waals surface area contributed by atoms with Crippen molar-refractivity contribution in [2.75, 3.05) is 19.6 Å². The second kappa shape index (κ2) is 6.74. The third kappa shape index (κ3) is 3.45. The summed E-state index contributed by atoms with van der Waals surface area (Å²) in [6.45, 7) is 8.83. The number of rotatable bonds is 3. The molecular formula is C20H27N3O3. The quantitative estimate of drug-likeness (QED) is 0.835. The maximum atomic E-state index is 13.2. The molecule has 2 aliphatic rings. The minimum absolute atomic E-state index is 0.0212. The molecule has 0 N–H and O–H groups in total. The normalized spacial score (nSPS) is 22.9. The second-order valence-corrected chi connectivity index (χ2v) is 7.96. The highest BCUT2D eigenvalue weighted by Gasteiger charge is 2.54. The van der Waals surface area contributed by atoms with Crippen molar-refractivity contribution in [3.63, 3.8) is 0 Å². The molecule has 0 saturated carbocycles. The number of likely N-dealkylation sites (tertiary alicyclic amines) is 1. The molecule has 1 aromatic rings. The molecule has 140 valence electrons. The van der Waals surface area contributed by atoms with Crippen LogP contribution in [0.15, 0.2) is 35.4 Å². The first kappa shape index (κ1) is 18.4. The highest BCUT2D eigenvalue weighted by atomic mass is 16.6. The van der Waals surface area contributed by atoms with E-state index in [1.54, 1.807) is 4.90 Å². The number of ether oxygens (including phenoxy) is 1. The number of nitrogens with zero attached hydrogens (tertiary/aromatic N) is 3. The minimum Gasteiger partial charge on any atom is -0.444 e. The van der Waals surface area contributed by atoms with Gasteiger partial charge < -0.3 is 9.64 Å². The van der Waals surface area contributed by atoms with Crippen molar-refractivity contribution in [1.82, 2.24) is 9.91 Å². The number of amides is 2. The molecule has 2 heterocycles. The fourth-order valence-corrected chi connectivity index (χ4v) is 3.63. The summed E-state index contributed by atoms with van der Waals surface area (Å²) in [4.78, 5) is 27.4. The smallest absolute Gasteiger partial charge is 0.410 e. The van der Waals surface area contributed by atoms with Gasteiger partial charge in [0, 0.05) is 26.1 Å². The molecule has 1 atom stereocenters. The molecule has 2 amide bonds. The van der Waals surface area contributed by atoms with Gasteiger partial charge in [0.2, 0.25) is 0 Å². The van der Waals surface area contributed by atoms with E-state index in [1.807, 2.05) is 58.0 Å². The first-order chi connectivity index (χ1) is 12.2. The third-order valence-electron chi connectivity index (χ3n) is 4.82. The fourth-order valence-electron chi connectivity index (χ4n) is 3.63. The number of carbonyl (C=O) groups excluding carboxylic acids is 2. The lowest BCUT2D eigenvalue weighted by Crippen LogP contribution is -2.56. The first-order valence-electron chi connectivity index (χ1n) is 9.17. The molecule has 2 aliphatic heterocycles. The van der Waals surface area contributed by atoms with Gasteiger partial charge in [0.05, 0.1) is 5.71 Å². The van der Waals surface area contributed by atoms with E-state index in [0.29, 0.717) is 32.5 Å². The lowest BCUT2D eigenvalue weighted by molar-refractivity contribution is -0.137. The number of benzene rings is 1. The zero-order chi connectivity index (χ0) is 18.9. The molecule has 0 aromatic heterocycles. The maximum Gasteiger partial charge on any atom is 0.410 e. The molecule has 0 bridgehead atoms. The Morgan fingerprint density at radius 2 is 1.96 bits per heavy atom. The molecule has 0 spiro atoms. The number of hydrazone groups is 1. The van der Waals surface area contributed by atoms with Crippen LogP contribution in [0, 0.1) is 5.41 Å². The van der Waals surface area contributed by atoms with E-state index in [4.69, 9.17) is 4.74 Å². The van der Waals surface area contributed by atoms with Crippen LogP contribution in [0.1, 0.15) is 39.7 Å². The number of carbonyl (C=O) groups is 2. The molecule has 1 fully saturated rings. The SMILES string of the molecule is CCN1N=C2CCN(C(=O)OC(C)(C)C)CC2(Cc2ccccc2)C1=O. The van der Waals surface area contributed by atoms with Crippen LogP contribution < -0.4 is 0 Å². The summed E-state index contributed by atoms with van der Waals surface area (Å²) < 4.78 is 5.53. The molecule has 6 heteroatoms. The Labute approximate surface area is 154 Å². The lowest BCUT2D eigenvalue weighted by Gasteiger charge is -2.39. The Kier molecular flexibility index (Phi) is 4.78. The van der Waals surface area contributed by atoms with Crippen LogP contribution in [0.4, 0.5) is 4.79 Å². The molecule has 1 unspecified atom stereocenters. The third-order valence-corrected chi connectivity index (χ3v) is 4.82. The minimum atomic E-state index is -0.785. The molecule has 6 nitrogen and oxygen atoms in total. The van der Waals surface area contributed by atoms with Gasteiger partial charge in [-0.2, -0.15) is 5.10 Å². The van der Waals surface area contributed by atoms with E-state index < -0.39 is 11.0 Å². The van der Waals surface area contributed by atoms with Gasteiger partial charge in [-0.15, -0.1) is 0 Å². The Hall–Kier alpha value is -2.37. The fraction of sp³-hybridized carbons (Fsp3) is 0.550. The Bertz CT molecular complexity index is 724. The van der Waals surface area contributed by atoms with Crippen LogP contribution >= 0.6 is 0 Å². The van der Waals surface area contributed by atoms with Crippen LogP contribution in [-0.2, 0) is 16.0 Å². The molecule has 26 heavy (non-hydrogen) atoms. The van der Waals surface area contributed by atoms with E-state index in [0.717, 1.165) is 11.3 Å². The highest BCUT2D eigenvalue weighted by molar-refractivity contribution is 6.13. The van der Waals surface area contributed by atoms with E-state index in [9.17, 15) is 9.59 Å². The molecular weight excluding hydrogens is 330 g/mol. The number of hydrogen-bond acceptors (Lipinski definition) is 4. The zero-order valence-electron chi connectivity index (χ0n) is 16.0. The van der Waals surface area contributed by atoms with Gasteiger partial charge in [-0.3, -0.25) is 4.79 Å². The average Bonchev–Trinajstić information content (AvgIpc) is 2.86. The van der Waals surface area contributed by atoms with E-state index in [-0.39, 0.29) is 12.0 Å². The Morgan fingerprint density at radius 3 is 2.58 bits per heavy atom. The van der Waals surface area contributed by atoms with E-state index in [2.05, 4.69) is 5.10 Å². The van der Waals surface area contributed by atoms with Gasteiger partial charge >= 0.3 is 6.09 Å². The van der Waals surface area contributed by atoms with Crippen molar-refractivity contribution < 1.29 is 14.3 Å². The van der Waals surface area contributed by atoms with Crippen molar-refractivity contribution in [2.45, 2.75) is 46.1 Å². The zero-order valence-corrected chi connectivity index (χ0v) is 16.0. The van der Waals surface area contributed by atoms with E-state index >= 15 is 0 Å². The average molecular weight is 357 g/mol. The van der Waals surface area contributed by atoms with Gasteiger partial charge in [0.1, 0.15) is 11.0 Å². The summed E-state index contributed by atoms with van der Waals surface area (Å²) in [5, 5.41) is 6.11. The summed E-state index contributed by atoms with van der Waals surface area (Å²) in [7, 11) is 0. The van der Waals surface area contributed by atoms with Crippen LogP contribution in [0.3, 0.4) is 0 Å². The predicted molar refractivity (Wildman–Crippen MR) is 99.8 cm³/mol. The topological polar surface area (TPSA) is 62.2 Å². The van der Waals surface area contributed by atoms with Crippen molar-refractivity contribution in [3.8, 4) is 0 Å². The molecule has 1 aromatic carbocycles. The largest absolute Gasteiger partial charge is 0.444 e. The molecule has 3 rings (SSSR count). The summed E-state index contributed by atoms with van der Waals surface area (Å²) in [5.74, 6) is -0.0212. The predicted octanol–water partition coefficient (Wildman–Crippen LogP) is 3.07. The van der Waals surface area contributed by atoms with Gasteiger partial charge in [-0.1, -0.05) is 30.3 Å².